The van der Waals surface area contributed by atoms with E-state index in [0.29, 0.717) is 13.1 Å². The molecule has 0 aliphatic rings. The second-order valence-corrected chi connectivity index (χ2v) is 3.98. The summed E-state index contributed by atoms with van der Waals surface area (Å²) < 4.78 is 0. The zero-order valence-corrected chi connectivity index (χ0v) is 10.5. The fourth-order valence-electron chi connectivity index (χ4n) is 1.31. The number of hydrogen-bond donors (Lipinski definition) is 1. The maximum atomic E-state index is 11.8. The van der Waals surface area contributed by atoms with Gasteiger partial charge in [-0.05, 0) is 20.8 Å². The van der Waals surface area contributed by atoms with Crippen LogP contribution >= 0.6 is 0 Å². The van der Waals surface area contributed by atoms with Gasteiger partial charge in [-0.2, -0.15) is 0 Å². The SMILES string of the molecule is C=C[C@H](C)[C@](C)(O)C(=O)C(=O)N(CC)CC. The van der Waals surface area contributed by atoms with E-state index in [1.807, 2.05) is 0 Å². The van der Waals surface area contributed by atoms with Crippen LogP contribution in [0.25, 0.3) is 0 Å². The summed E-state index contributed by atoms with van der Waals surface area (Å²) in [6.45, 7) is 11.0. The highest BCUT2D eigenvalue weighted by atomic mass is 16.3. The van der Waals surface area contributed by atoms with Crippen molar-refractivity contribution in [3.63, 3.8) is 0 Å². The lowest BCUT2D eigenvalue weighted by molar-refractivity contribution is -0.155. The molecule has 0 spiro atoms. The summed E-state index contributed by atoms with van der Waals surface area (Å²) >= 11 is 0. The molecular formula is C12H21NO3. The van der Waals surface area contributed by atoms with E-state index in [0.717, 1.165) is 0 Å². The van der Waals surface area contributed by atoms with E-state index < -0.39 is 23.2 Å². The fraction of sp³-hybridized carbons (Fsp3) is 0.667. The van der Waals surface area contributed by atoms with Crippen molar-refractivity contribution in [2.75, 3.05) is 13.1 Å². The van der Waals surface area contributed by atoms with Crippen LogP contribution in [0.3, 0.4) is 0 Å². The summed E-state index contributed by atoms with van der Waals surface area (Å²) in [6, 6.07) is 0. The number of rotatable bonds is 6. The average molecular weight is 227 g/mol. The minimum Gasteiger partial charge on any atom is -0.381 e. The highest BCUT2D eigenvalue weighted by Gasteiger charge is 2.40. The average Bonchev–Trinajstić information content (AvgIpc) is 2.28. The number of amides is 1. The van der Waals surface area contributed by atoms with E-state index in [-0.39, 0.29) is 0 Å². The van der Waals surface area contributed by atoms with Crippen molar-refractivity contribution in [2.24, 2.45) is 5.92 Å². The van der Waals surface area contributed by atoms with Gasteiger partial charge >= 0.3 is 0 Å². The van der Waals surface area contributed by atoms with Crippen LogP contribution in [0.1, 0.15) is 27.7 Å². The van der Waals surface area contributed by atoms with Gasteiger partial charge in [-0.15, -0.1) is 6.58 Å². The molecule has 0 saturated carbocycles. The Balaban J connectivity index is 4.91. The lowest BCUT2D eigenvalue weighted by Crippen LogP contribution is -2.50. The second-order valence-electron chi connectivity index (χ2n) is 3.98. The maximum Gasteiger partial charge on any atom is 0.293 e. The van der Waals surface area contributed by atoms with Gasteiger partial charge in [0.05, 0.1) is 0 Å². The molecular weight excluding hydrogens is 206 g/mol. The van der Waals surface area contributed by atoms with Crippen LogP contribution in [0.5, 0.6) is 0 Å². The van der Waals surface area contributed by atoms with Crippen LogP contribution in [-0.4, -0.2) is 40.4 Å². The second kappa shape index (κ2) is 5.80. The molecule has 16 heavy (non-hydrogen) atoms. The third kappa shape index (κ3) is 2.92. The first kappa shape index (κ1) is 14.8. The van der Waals surface area contributed by atoms with Gasteiger partial charge in [-0.3, -0.25) is 9.59 Å². The number of aliphatic hydroxyl groups is 1. The molecule has 92 valence electrons. The minimum atomic E-state index is -1.68. The third-order valence-corrected chi connectivity index (χ3v) is 2.94. The minimum absolute atomic E-state index is 0.458. The summed E-state index contributed by atoms with van der Waals surface area (Å²) in [5.74, 6) is -1.87. The first-order valence-corrected chi connectivity index (χ1v) is 5.51. The van der Waals surface area contributed by atoms with Crippen LogP contribution in [0, 0.1) is 5.92 Å². The molecule has 4 nitrogen and oxygen atoms in total. The normalized spacial score (nSPS) is 16.1. The summed E-state index contributed by atoms with van der Waals surface area (Å²) in [6.07, 6.45) is 1.47. The Morgan fingerprint density at radius 1 is 1.44 bits per heavy atom. The predicted molar refractivity (Wildman–Crippen MR) is 62.9 cm³/mol. The highest BCUT2D eigenvalue weighted by molar-refractivity contribution is 6.39. The smallest absolute Gasteiger partial charge is 0.293 e. The fourth-order valence-corrected chi connectivity index (χ4v) is 1.31. The van der Waals surface area contributed by atoms with Crippen molar-refractivity contribution in [3.05, 3.63) is 12.7 Å². The van der Waals surface area contributed by atoms with Gasteiger partial charge in [0, 0.05) is 19.0 Å². The first-order valence-electron chi connectivity index (χ1n) is 5.51. The van der Waals surface area contributed by atoms with Crippen LogP contribution < -0.4 is 0 Å². The van der Waals surface area contributed by atoms with Crippen molar-refractivity contribution in [1.82, 2.24) is 4.90 Å². The van der Waals surface area contributed by atoms with E-state index >= 15 is 0 Å². The Bertz CT molecular complexity index is 280. The molecule has 0 unspecified atom stereocenters. The molecule has 0 saturated heterocycles. The van der Waals surface area contributed by atoms with Crippen molar-refractivity contribution in [1.29, 1.82) is 0 Å². The lowest BCUT2D eigenvalue weighted by atomic mass is 9.86. The number of carbonyl (C=O) groups is 2. The number of nitrogens with zero attached hydrogens (tertiary/aromatic N) is 1. The Morgan fingerprint density at radius 2 is 1.88 bits per heavy atom. The number of hydrogen-bond acceptors (Lipinski definition) is 3. The lowest BCUT2D eigenvalue weighted by Gasteiger charge is -2.28. The van der Waals surface area contributed by atoms with Crippen molar-refractivity contribution in [2.45, 2.75) is 33.3 Å². The molecule has 1 amide bonds. The maximum absolute atomic E-state index is 11.8. The monoisotopic (exact) mass is 227 g/mol. The molecule has 0 fully saturated rings. The van der Waals surface area contributed by atoms with E-state index in [1.54, 1.807) is 20.8 Å². The van der Waals surface area contributed by atoms with Crippen molar-refractivity contribution < 1.29 is 14.7 Å². The van der Waals surface area contributed by atoms with Gasteiger partial charge in [-0.25, -0.2) is 0 Å². The number of ketones is 1. The van der Waals surface area contributed by atoms with Gasteiger partial charge in [0.25, 0.3) is 11.7 Å². The topological polar surface area (TPSA) is 57.6 Å². The van der Waals surface area contributed by atoms with Crippen LogP contribution in [0.2, 0.25) is 0 Å². The quantitative estimate of drug-likeness (QED) is 0.544. The Labute approximate surface area is 96.9 Å². The highest BCUT2D eigenvalue weighted by Crippen LogP contribution is 2.19. The summed E-state index contributed by atoms with van der Waals surface area (Å²) in [7, 11) is 0. The molecule has 0 heterocycles. The first-order chi connectivity index (χ1) is 7.32. The van der Waals surface area contributed by atoms with Crippen LogP contribution in [-0.2, 0) is 9.59 Å². The largest absolute Gasteiger partial charge is 0.381 e. The molecule has 0 aromatic rings. The third-order valence-electron chi connectivity index (χ3n) is 2.94. The number of carbonyl (C=O) groups excluding carboxylic acids is 2. The summed E-state index contributed by atoms with van der Waals surface area (Å²) in [5, 5.41) is 9.99. The molecule has 0 aliphatic carbocycles. The molecule has 0 aromatic carbocycles. The molecule has 0 aromatic heterocycles. The Hall–Kier alpha value is -1.16. The van der Waals surface area contributed by atoms with E-state index in [4.69, 9.17) is 0 Å². The number of likely N-dealkylation sites (N-methyl/N-ethyl adjacent to an activating group) is 1. The van der Waals surface area contributed by atoms with E-state index in [9.17, 15) is 14.7 Å². The molecule has 0 radical (unpaired) electrons. The van der Waals surface area contributed by atoms with E-state index in [1.165, 1.54) is 17.9 Å². The molecule has 0 rings (SSSR count). The van der Waals surface area contributed by atoms with Gasteiger partial charge in [-0.1, -0.05) is 13.0 Å². The molecule has 0 aliphatic heterocycles. The van der Waals surface area contributed by atoms with Crippen molar-refractivity contribution >= 4 is 11.7 Å². The van der Waals surface area contributed by atoms with Crippen molar-refractivity contribution in [3.8, 4) is 0 Å². The zero-order chi connectivity index (χ0) is 12.9. The standard InChI is InChI=1S/C12H21NO3/c1-6-9(4)12(5,16)10(14)11(15)13(7-2)8-3/h6,9,16H,1,7-8H2,2-5H3/t9-,12-/m0/s1. The summed E-state index contributed by atoms with van der Waals surface area (Å²) in [4.78, 5) is 25.0. The summed E-state index contributed by atoms with van der Waals surface area (Å²) in [5.41, 5.74) is -1.68. The Morgan fingerprint density at radius 3 is 2.19 bits per heavy atom. The van der Waals surface area contributed by atoms with E-state index in [2.05, 4.69) is 6.58 Å². The van der Waals surface area contributed by atoms with Gasteiger partial charge in [0.2, 0.25) is 0 Å². The predicted octanol–water partition coefficient (Wildman–Crippen LogP) is 0.997. The molecule has 0 bridgehead atoms. The Kier molecular flexibility index (Phi) is 5.38. The molecule has 2 atom stereocenters. The molecule has 1 N–H and O–H groups in total. The van der Waals surface area contributed by atoms with Crippen LogP contribution in [0.4, 0.5) is 0 Å². The number of Topliss-reactive ketones (excluding diaryl/α,β-unsaturated/α-hetero) is 1. The zero-order valence-electron chi connectivity index (χ0n) is 10.5. The van der Waals surface area contributed by atoms with Gasteiger partial charge in [0.15, 0.2) is 0 Å². The van der Waals surface area contributed by atoms with Gasteiger partial charge < -0.3 is 10.0 Å². The van der Waals surface area contributed by atoms with Gasteiger partial charge in [0.1, 0.15) is 5.60 Å². The van der Waals surface area contributed by atoms with Crippen LogP contribution in [0.15, 0.2) is 12.7 Å². The molecule has 4 heteroatoms.